The van der Waals surface area contributed by atoms with Crippen LogP contribution >= 0.6 is 11.8 Å². The summed E-state index contributed by atoms with van der Waals surface area (Å²) < 4.78 is 38.8. The molecule has 3 aromatic rings. The number of amides is 1. The van der Waals surface area contributed by atoms with Gasteiger partial charge in [0.15, 0.2) is 5.16 Å². The molecule has 0 spiro atoms. The molecular formula is C23H23F3N4OS. The van der Waals surface area contributed by atoms with Crippen LogP contribution in [0.1, 0.15) is 35.5 Å². The van der Waals surface area contributed by atoms with E-state index in [1.165, 1.54) is 17.8 Å². The van der Waals surface area contributed by atoms with Gasteiger partial charge in [-0.05, 0) is 62.7 Å². The fraction of sp³-hybridized carbons (Fsp3) is 0.261. The minimum Gasteiger partial charge on any atom is -0.379 e. The van der Waals surface area contributed by atoms with Crippen molar-refractivity contribution in [3.05, 3.63) is 77.1 Å². The van der Waals surface area contributed by atoms with Crippen LogP contribution < -0.4 is 10.6 Å². The first-order valence-electron chi connectivity index (χ1n) is 9.89. The van der Waals surface area contributed by atoms with Crippen molar-refractivity contribution >= 4 is 29.0 Å². The van der Waals surface area contributed by atoms with Crippen LogP contribution in [0.5, 0.6) is 0 Å². The number of nitrogens with one attached hydrogen (secondary N) is 2. The first-order valence-corrected chi connectivity index (χ1v) is 10.9. The molecule has 1 heterocycles. The normalized spacial score (nSPS) is 12.3. The molecule has 0 fully saturated rings. The van der Waals surface area contributed by atoms with Crippen LogP contribution in [-0.2, 0) is 11.0 Å². The molecule has 0 saturated heterocycles. The number of aromatic nitrogens is 2. The van der Waals surface area contributed by atoms with E-state index in [-0.39, 0.29) is 17.7 Å². The Morgan fingerprint density at radius 3 is 2.34 bits per heavy atom. The third-order valence-corrected chi connectivity index (χ3v) is 5.38. The molecule has 0 saturated carbocycles. The van der Waals surface area contributed by atoms with Crippen molar-refractivity contribution in [1.29, 1.82) is 0 Å². The minimum atomic E-state index is -4.40. The Hall–Kier alpha value is -3.07. The number of thioether (sulfide) groups is 1. The van der Waals surface area contributed by atoms with Gasteiger partial charge in [0.2, 0.25) is 5.91 Å². The zero-order chi connectivity index (χ0) is 23.3. The second-order valence-electron chi connectivity index (χ2n) is 7.34. The maximum absolute atomic E-state index is 12.9. The Labute approximate surface area is 188 Å². The second-order valence-corrected chi connectivity index (χ2v) is 8.28. The van der Waals surface area contributed by atoms with Gasteiger partial charge < -0.3 is 10.6 Å². The molecule has 1 atom stereocenters. The average Bonchev–Trinajstić information content (AvgIpc) is 2.71. The molecule has 168 valence electrons. The van der Waals surface area contributed by atoms with Crippen LogP contribution in [-0.4, -0.2) is 21.6 Å². The van der Waals surface area contributed by atoms with Gasteiger partial charge in [-0.25, -0.2) is 9.97 Å². The van der Waals surface area contributed by atoms with Crippen LogP contribution in [0.15, 0.2) is 59.8 Å². The SMILES string of the molecule is Cc1cc(C)nc(SCC(=O)Nc2cccc(C(C)Nc3cccc(C(F)(F)F)c3)c2)n1. The molecule has 1 amide bonds. The Kier molecular flexibility index (Phi) is 7.40. The van der Waals surface area contributed by atoms with Crippen molar-refractivity contribution in [3.8, 4) is 0 Å². The van der Waals surface area contributed by atoms with E-state index >= 15 is 0 Å². The number of hydrogen-bond donors (Lipinski definition) is 2. The van der Waals surface area contributed by atoms with E-state index in [2.05, 4.69) is 20.6 Å². The third-order valence-electron chi connectivity index (χ3n) is 4.54. The van der Waals surface area contributed by atoms with E-state index in [1.807, 2.05) is 32.9 Å². The van der Waals surface area contributed by atoms with Crippen LogP contribution in [0.4, 0.5) is 24.5 Å². The summed E-state index contributed by atoms with van der Waals surface area (Å²) in [6, 6.07) is 13.8. The number of hydrogen-bond acceptors (Lipinski definition) is 5. The summed E-state index contributed by atoms with van der Waals surface area (Å²) in [5, 5.41) is 6.46. The lowest BCUT2D eigenvalue weighted by atomic mass is 10.1. The summed E-state index contributed by atoms with van der Waals surface area (Å²) in [7, 11) is 0. The summed E-state index contributed by atoms with van der Waals surface area (Å²) in [6.07, 6.45) is -4.40. The molecule has 1 unspecified atom stereocenters. The van der Waals surface area contributed by atoms with Crippen molar-refractivity contribution in [3.63, 3.8) is 0 Å². The van der Waals surface area contributed by atoms with Crippen molar-refractivity contribution in [2.24, 2.45) is 0 Å². The second kappa shape index (κ2) is 10.0. The molecule has 32 heavy (non-hydrogen) atoms. The lowest BCUT2D eigenvalue weighted by molar-refractivity contribution is -0.137. The average molecular weight is 461 g/mol. The Balaban J connectivity index is 1.61. The molecule has 9 heteroatoms. The zero-order valence-electron chi connectivity index (χ0n) is 17.8. The quantitative estimate of drug-likeness (QED) is 0.334. The van der Waals surface area contributed by atoms with Gasteiger partial charge in [0, 0.05) is 28.8 Å². The fourth-order valence-corrected chi connectivity index (χ4v) is 3.84. The number of carbonyl (C=O) groups excluding carboxylic acids is 1. The van der Waals surface area contributed by atoms with Crippen molar-refractivity contribution < 1.29 is 18.0 Å². The van der Waals surface area contributed by atoms with Crippen molar-refractivity contribution in [2.45, 2.75) is 38.1 Å². The number of benzene rings is 2. The highest BCUT2D eigenvalue weighted by Gasteiger charge is 2.30. The van der Waals surface area contributed by atoms with Gasteiger partial charge in [-0.15, -0.1) is 0 Å². The predicted octanol–water partition coefficient (Wildman–Crippen LogP) is 6.02. The third kappa shape index (κ3) is 6.71. The van der Waals surface area contributed by atoms with Crippen molar-refractivity contribution in [2.75, 3.05) is 16.4 Å². The molecule has 2 N–H and O–H groups in total. The van der Waals surface area contributed by atoms with Gasteiger partial charge in [0.1, 0.15) is 0 Å². The summed E-state index contributed by atoms with van der Waals surface area (Å²) in [5.41, 5.74) is 2.77. The first-order chi connectivity index (χ1) is 15.1. The van der Waals surface area contributed by atoms with Crippen LogP contribution in [0.25, 0.3) is 0 Å². The minimum absolute atomic E-state index is 0.158. The summed E-state index contributed by atoms with van der Waals surface area (Å²) in [6.45, 7) is 5.59. The number of rotatable bonds is 7. The van der Waals surface area contributed by atoms with Gasteiger partial charge in [-0.3, -0.25) is 4.79 Å². The summed E-state index contributed by atoms with van der Waals surface area (Å²) in [4.78, 5) is 21.0. The Morgan fingerprint density at radius 2 is 1.66 bits per heavy atom. The number of halogens is 3. The highest BCUT2D eigenvalue weighted by Crippen LogP contribution is 2.31. The molecule has 5 nitrogen and oxygen atoms in total. The highest BCUT2D eigenvalue weighted by atomic mass is 32.2. The van der Waals surface area contributed by atoms with E-state index < -0.39 is 11.7 Å². The molecule has 0 radical (unpaired) electrons. The molecule has 0 aliphatic rings. The lowest BCUT2D eigenvalue weighted by Gasteiger charge is -2.18. The van der Waals surface area contributed by atoms with E-state index in [0.29, 0.717) is 16.5 Å². The number of alkyl halides is 3. The van der Waals surface area contributed by atoms with Crippen molar-refractivity contribution in [1.82, 2.24) is 9.97 Å². The zero-order valence-corrected chi connectivity index (χ0v) is 18.6. The first kappa shape index (κ1) is 23.6. The largest absolute Gasteiger partial charge is 0.416 e. The number of aryl methyl sites for hydroxylation is 2. The monoisotopic (exact) mass is 460 g/mol. The van der Waals surface area contributed by atoms with E-state index in [4.69, 9.17) is 0 Å². The van der Waals surface area contributed by atoms with Crippen LogP contribution in [0.2, 0.25) is 0 Å². The van der Waals surface area contributed by atoms with E-state index in [9.17, 15) is 18.0 Å². The number of carbonyl (C=O) groups is 1. The Bertz CT molecular complexity index is 1080. The summed E-state index contributed by atoms with van der Waals surface area (Å²) >= 11 is 1.25. The van der Waals surface area contributed by atoms with Gasteiger partial charge in [-0.1, -0.05) is 30.0 Å². The van der Waals surface area contributed by atoms with E-state index in [1.54, 1.807) is 24.3 Å². The molecule has 0 bridgehead atoms. The van der Waals surface area contributed by atoms with Crippen LogP contribution in [0, 0.1) is 13.8 Å². The van der Waals surface area contributed by atoms with Gasteiger partial charge in [0.25, 0.3) is 0 Å². The summed E-state index contributed by atoms with van der Waals surface area (Å²) in [5.74, 6) is -0.0427. The Morgan fingerprint density at radius 1 is 1.00 bits per heavy atom. The van der Waals surface area contributed by atoms with Gasteiger partial charge in [0.05, 0.1) is 11.3 Å². The van der Waals surface area contributed by atoms with Gasteiger partial charge >= 0.3 is 6.18 Å². The predicted molar refractivity (Wildman–Crippen MR) is 121 cm³/mol. The number of nitrogens with zero attached hydrogens (tertiary/aromatic N) is 2. The van der Waals surface area contributed by atoms with E-state index in [0.717, 1.165) is 29.1 Å². The molecular weight excluding hydrogens is 437 g/mol. The lowest BCUT2D eigenvalue weighted by Crippen LogP contribution is -2.15. The standard InChI is InChI=1S/C23H23F3N4OS/c1-14-10-15(2)28-22(27-14)32-13-21(31)30-19-8-4-6-17(11-19)16(3)29-20-9-5-7-18(12-20)23(24,25)26/h4-12,16,29H,13H2,1-3H3,(H,30,31). The van der Waals surface area contributed by atoms with Crippen LogP contribution in [0.3, 0.4) is 0 Å². The van der Waals surface area contributed by atoms with Gasteiger partial charge in [-0.2, -0.15) is 13.2 Å². The molecule has 3 rings (SSSR count). The topological polar surface area (TPSA) is 66.9 Å². The molecule has 0 aliphatic carbocycles. The molecule has 0 aliphatic heterocycles. The highest BCUT2D eigenvalue weighted by molar-refractivity contribution is 7.99. The molecule has 2 aromatic carbocycles. The number of anilines is 2. The maximum atomic E-state index is 12.9. The maximum Gasteiger partial charge on any atom is 0.416 e. The molecule has 1 aromatic heterocycles. The smallest absolute Gasteiger partial charge is 0.379 e. The fourth-order valence-electron chi connectivity index (χ4n) is 3.09.